The second kappa shape index (κ2) is 7.32. The van der Waals surface area contributed by atoms with E-state index in [9.17, 15) is 4.79 Å². The fraction of sp³-hybridized carbons (Fsp3) is 0.727. The molecule has 0 aliphatic heterocycles. The summed E-state index contributed by atoms with van der Waals surface area (Å²) in [5, 5.41) is 7.64. The number of H-pyrrole nitrogens is 1. The number of hydrogen-bond donors (Lipinski definition) is 1. The maximum atomic E-state index is 11.6. The van der Waals surface area contributed by atoms with Gasteiger partial charge in [-0.3, -0.25) is 9.89 Å². The number of rotatable bonds is 7. The molecule has 0 aliphatic rings. The summed E-state index contributed by atoms with van der Waals surface area (Å²) < 4.78 is 0. The normalized spacial score (nSPS) is 10.5. The van der Waals surface area contributed by atoms with E-state index in [2.05, 4.69) is 22.1 Å². The molecule has 1 amide bonds. The van der Waals surface area contributed by atoms with Crippen molar-refractivity contribution in [3.63, 3.8) is 0 Å². The van der Waals surface area contributed by atoms with Crippen molar-refractivity contribution in [1.29, 1.82) is 0 Å². The molecule has 0 saturated heterocycles. The number of nitrogens with one attached hydrogen (secondary N) is 1. The van der Waals surface area contributed by atoms with Crippen LogP contribution in [0.4, 0.5) is 0 Å². The molecule has 0 aromatic carbocycles. The largest absolute Gasteiger partial charge is 0.345 e. The summed E-state index contributed by atoms with van der Waals surface area (Å²) in [7, 11) is 1.80. The first-order valence-electron chi connectivity index (χ1n) is 5.95. The van der Waals surface area contributed by atoms with Crippen LogP contribution in [0.25, 0.3) is 0 Å². The predicted octanol–water partition coefficient (Wildman–Crippen LogP) is 1.72. The fourth-order valence-corrected chi connectivity index (χ4v) is 1.97. The average molecular weight is 256 g/mol. The van der Waals surface area contributed by atoms with Crippen LogP contribution in [0.15, 0.2) is 5.16 Å². The highest BCUT2D eigenvalue weighted by Gasteiger charge is 2.10. The summed E-state index contributed by atoms with van der Waals surface area (Å²) in [5.74, 6) is 1.41. The minimum Gasteiger partial charge on any atom is -0.345 e. The summed E-state index contributed by atoms with van der Waals surface area (Å²) in [4.78, 5) is 17.6. The summed E-state index contributed by atoms with van der Waals surface area (Å²) in [6.07, 6.45) is 3.17. The number of carbonyl (C=O) groups excluding carboxylic acids is 1. The van der Waals surface area contributed by atoms with Gasteiger partial charge in [0, 0.05) is 20.0 Å². The first-order chi connectivity index (χ1) is 8.17. The molecule has 1 heterocycles. The van der Waals surface area contributed by atoms with E-state index in [1.807, 2.05) is 6.92 Å². The Labute approximate surface area is 106 Å². The molecule has 0 radical (unpaired) electrons. The minimum absolute atomic E-state index is 0.109. The van der Waals surface area contributed by atoms with Gasteiger partial charge in [0.15, 0.2) is 0 Å². The zero-order valence-electron chi connectivity index (χ0n) is 10.7. The molecule has 0 fully saturated rings. The van der Waals surface area contributed by atoms with Crippen LogP contribution in [-0.4, -0.2) is 45.3 Å². The summed E-state index contributed by atoms with van der Waals surface area (Å²) in [5.41, 5.74) is 0. The zero-order chi connectivity index (χ0) is 12.7. The van der Waals surface area contributed by atoms with Gasteiger partial charge in [-0.25, -0.2) is 4.98 Å². The van der Waals surface area contributed by atoms with E-state index in [4.69, 9.17) is 0 Å². The molecule has 0 atom stereocenters. The fourth-order valence-electron chi connectivity index (χ4n) is 1.21. The van der Waals surface area contributed by atoms with Crippen molar-refractivity contribution in [3.8, 4) is 0 Å². The van der Waals surface area contributed by atoms with Gasteiger partial charge in [-0.05, 0) is 13.3 Å². The van der Waals surface area contributed by atoms with E-state index >= 15 is 0 Å². The summed E-state index contributed by atoms with van der Waals surface area (Å²) in [6.45, 7) is 4.83. The minimum atomic E-state index is 0.109. The van der Waals surface area contributed by atoms with Gasteiger partial charge in [-0.1, -0.05) is 25.1 Å². The Morgan fingerprint density at radius 2 is 2.24 bits per heavy atom. The second-order valence-electron chi connectivity index (χ2n) is 3.86. The number of aromatic nitrogens is 3. The molecule has 1 rings (SSSR count). The Morgan fingerprint density at radius 3 is 2.88 bits per heavy atom. The summed E-state index contributed by atoms with van der Waals surface area (Å²) >= 11 is 1.38. The Kier molecular flexibility index (Phi) is 6.04. The summed E-state index contributed by atoms with van der Waals surface area (Å²) in [6, 6.07) is 0. The lowest BCUT2D eigenvalue weighted by atomic mass is 10.2. The van der Waals surface area contributed by atoms with Crippen molar-refractivity contribution < 1.29 is 4.79 Å². The Morgan fingerprint density at radius 1 is 1.47 bits per heavy atom. The number of carbonyl (C=O) groups is 1. The third kappa shape index (κ3) is 4.77. The van der Waals surface area contributed by atoms with Crippen molar-refractivity contribution in [1.82, 2.24) is 20.1 Å². The zero-order valence-corrected chi connectivity index (χ0v) is 11.5. The highest BCUT2D eigenvalue weighted by molar-refractivity contribution is 7.99. The first kappa shape index (κ1) is 14.0. The van der Waals surface area contributed by atoms with Crippen LogP contribution in [0.5, 0.6) is 0 Å². The van der Waals surface area contributed by atoms with Crippen molar-refractivity contribution in [2.24, 2.45) is 0 Å². The van der Waals surface area contributed by atoms with Gasteiger partial charge in [0.25, 0.3) is 0 Å². The molecule has 0 bridgehead atoms. The van der Waals surface area contributed by atoms with Crippen molar-refractivity contribution in [2.75, 3.05) is 19.3 Å². The predicted molar refractivity (Wildman–Crippen MR) is 69.0 cm³/mol. The Balaban J connectivity index is 2.36. The number of nitrogens with zero attached hydrogens (tertiary/aromatic N) is 3. The third-order valence-electron chi connectivity index (χ3n) is 2.50. The lowest BCUT2D eigenvalue weighted by molar-refractivity contribution is -0.126. The van der Waals surface area contributed by atoms with Gasteiger partial charge in [0.05, 0.1) is 5.75 Å². The number of hydrogen-bond acceptors (Lipinski definition) is 4. The van der Waals surface area contributed by atoms with E-state index in [0.29, 0.717) is 10.9 Å². The average Bonchev–Trinajstić information content (AvgIpc) is 2.80. The second-order valence-corrected chi connectivity index (χ2v) is 4.81. The van der Waals surface area contributed by atoms with Crippen LogP contribution in [0.1, 0.15) is 32.5 Å². The van der Waals surface area contributed by atoms with E-state index in [1.165, 1.54) is 11.8 Å². The number of aryl methyl sites for hydroxylation is 1. The maximum absolute atomic E-state index is 11.6. The van der Waals surface area contributed by atoms with Crippen LogP contribution < -0.4 is 0 Å². The molecule has 1 aromatic heterocycles. The van der Waals surface area contributed by atoms with E-state index < -0.39 is 0 Å². The van der Waals surface area contributed by atoms with Gasteiger partial charge in [0.1, 0.15) is 5.82 Å². The lowest BCUT2D eigenvalue weighted by Crippen LogP contribution is -2.27. The molecule has 1 aromatic rings. The topological polar surface area (TPSA) is 61.9 Å². The highest BCUT2D eigenvalue weighted by Crippen LogP contribution is 2.13. The molecule has 0 saturated carbocycles. The van der Waals surface area contributed by atoms with Crippen LogP contribution >= 0.6 is 11.8 Å². The highest BCUT2D eigenvalue weighted by atomic mass is 32.2. The molecule has 0 spiro atoms. The van der Waals surface area contributed by atoms with Gasteiger partial charge >= 0.3 is 0 Å². The van der Waals surface area contributed by atoms with Crippen LogP contribution in [0.2, 0.25) is 0 Å². The molecule has 96 valence electrons. The standard InChI is InChI=1S/C11H20N4OS/c1-4-6-7-9-12-11(14-13-9)17-8-10(16)15(3)5-2/h4-8H2,1-3H3,(H,12,13,14). The molecular formula is C11H20N4OS. The molecule has 1 N–H and O–H groups in total. The SMILES string of the molecule is CCCCc1nc(SCC(=O)N(C)CC)n[nH]1. The molecule has 5 nitrogen and oxygen atoms in total. The third-order valence-corrected chi connectivity index (χ3v) is 3.34. The van der Waals surface area contributed by atoms with Crippen molar-refractivity contribution in [2.45, 2.75) is 38.3 Å². The molecule has 17 heavy (non-hydrogen) atoms. The first-order valence-corrected chi connectivity index (χ1v) is 6.94. The van der Waals surface area contributed by atoms with Crippen LogP contribution in [0, 0.1) is 0 Å². The maximum Gasteiger partial charge on any atom is 0.232 e. The molecule has 6 heteroatoms. The quantitative estimate of drug-likeness (QED) is 0.755. The van der Waals surface area contributed by atoms with Gasteiger partial charge in [-0.2, -0.15) is 0 Å². The van der Waals surface area contributed by atoms with Gasteiger partial charge in [0.2, 0.25) is 11.1 Å². The van der Waals surface area contributed by atoms with E-state index in [0.717, 1.165) is 31.6 Å². The van der Waals surface area contributed by atoms with Crippen molar-refractivity contribution in [3.05, 3.63) is 5.82 Å². The smallest absolute Gasteiger partial charge is 0.232 e. The number of aromatic amines is 1. The number of amides is 1. The Bertz CT molecular complexity index is 353. The van der Waals surface area contributed by atoms with Gasteiger partial charge < -0.3 is 4.90 Å². The monoisotopic (exact) mass is 256 g/mol. The van der Waals surface area contributed by atoms with E-state index in [-0.39, 0.29) is 5.91 Å². The van der Waals surface area contributed by atoms with Crippen LogP contribution in [0.3, 0.4) is 0 Å². The molecule has 0 aliphatic carbocycles. The van der Waals surface area contributed by atoms with Crippen LogP contribution in [-0.2, 0) is 11.2 Å². The Hall–Kier alpha value is -1.04. The number of unbranched alkanes of at least 4 members (excludes halogenated alkanes) is 1. The number of thioether (sulfide) groups is 1. The van der Waals surface area contributed by atoms with Gasteiger partial charge in [-0.15, -0.1) is 5.10 Å². The molecular weight excluding hydrogens is 236 g/mol. The van der Waals surface area contributed by atoms with E-state index in [1.54, 1.807) is 11.9 Å². The lowest BCUT2D eigenvalue weighted by Gasteiger charge is -2.12. The van der Waals surface area contributed by atoms with Crippen molar-refractivity contribution >= 4 is 17.7 Å². The molecule has 0 unspecified atom stereocenters.